The molecule has 0 spiro atoms. The molecule has 33 heavy (non-hydrogen) atoms. The molecule has 176 valence electrons. The van der Waals surface area contributed by atoms with Crippen molar-refractivity contribution in [3.63, 3.8) is 0 Å². The molecule has 3 aromatic rings. The highest BCUT2D eigenvalue weighted by molar-refractivity contribution is 7.59. The van der Waals surface area contributed by atoms with Crippen LogP contribution < -0.4 is 15.0 Å². The number of carbonyl (C=O) groups excluding carboxylic acids is 1. The molecular formula is C24H29ClN4O2S2. The third-order valence-corrected chi connectivity index (χ3v) is 6.85. The summed E-state index contributed by atoms with van der Waals surface area (Å²) in [6.45, 7) is 2.71. The van der Waals surface area contributed by atoms with Crippen molar-refractivity contribution in [1.82, 2.24) is 15.2 Å². The molecule has 1 aromatic carbocycles. The third kappa shape index (κ3) is 6.00. The Bertz CT molecular complexity index is 1060. The SMILES string of the molecule is CNCC[C@H](Oc1ccc(CN2CCN(C)c3ccncc3C2=O)cc1Cl)c1cccs1.S. The van der Waals surface area contributed by atoms with Crippen LogP contribution in [0.1, 0.15) is 33.3 Å². The predicted octanol–water partition coefficient (Wildman–Crippen LogP) is 4.73. The molecule has 0 fully saturated rings. The number of likely N-dealkylation sites (N-methyl/N-ethyl adjacent to an activating group) is 1. The number of fused-ring (bicyclic) bond motifs is 1. The van der Waals surface area contributed by atoms with Gasteiger partial charge in [0.25, 0.3) is 5.91 Å². The van der Waals surface area contributed by atoms with Gasteiger partial charge in [0.05, 0.1) is 16.3 Å². The normalized spacial score (nSPS) is 14.3. The summed E-state index contributed by atoms with van der Waals surface area (Å²) in [7, 11) is 3.93. The van der Waals surface area contributed by atoms with E-state index in [2.05, 4.69) is 26.6 Å². The first-order valence-electron chi connectivity index (χ1n) is 10.6. The number of amides is 1. The fourth-order valence-electron chi connectivity index (χ4n) is 3.82. The largest absolute Gasteiger partial charge is 0.483 e. The monoisotopic (exact) mass is 504 g/mol. The molecule has 1 aliphatic rings. The number of nitrogens with zero attached hydrogens (tertiary/aromatic N) is 3. The number of pyridine rings is 1. The van der Waals surface area contributed by atoms with Gasteiger partial charge in [0.2, 0.25) is 0 Å². The molecule has 9 heteroatoms. The van der Waals surface area contributed by atoms with E-state index in [0.29, 0.717) is 29.4 Å². The van der Waals surface area contributed by atoms with Crippen molar-refractivity contribution in [1.29, 1.82) is 0 Å². The minimum Gasteiger partial charge on any atom is -0.483 e. The number of nitrogens with one attached hydrogen (secondary N) is 1. The number of hydrogen-bond acceptors (Lipinski definition) is 6. The molecule has 0 bridgehead atoms. The number of rotatable bonds is 8. The molecule has 3 heterocycles. The number of thiophene rings is 1. The molecule has 4 rings (SSSR count). The van der Waals surface area contributed by atoms with Gasteiger partial charge in [-0.05, 0) is 48.8 Å². The second-order valence-corrected chi connectivity index (χ2v) is 9.21. The van der Waals surface area contributed by atoms with Gasteiger partial charge in [0, 0.05) is 50.4 Å². The van der Waals surface area contributed by atoms with Crippen LogP contribution in [0.2, 0.25) is 5.02 Å². The topological polar surface area (TPSA) is 57.7 Å². The standard InChI is InChI=1S/C24H27ClN4O2S.H2S/c1-26-9-8-22(23-4-3-13-32-23)31-21-6-5-17(14-19(21)25)16-29-12-11-28(2)20-7-10-27-15-18(20)24(29)30;/h3-7,10,13-15,22,26H,8-9,11-12,16H2,1-2H3;1H2/t22-;/m0./s1. The summed E-state index contributed by atoms with van der Waals surface area (Å²) in [4.78, 5) is 22.4. The van der Waals surface area contributed by atoms with Crippen molar-refractivity contribution in [2.75, 3.05) is 38.6 Å². The molecule has 1 atom stereocenters. The second kappa shape index (κ2) is 11.7. The molecule has 1 aliphatic heterocycles. The van der Waals surface area contributed by atoms with Gasteiger partial charge in [-0.1, -0.05) is 23.7 Å². The van der Waals surface area contributed by atoms with Crippen LogP contribution in [0.4, 0.5) is 5.69 Å². The highest BCUT2D eigenvalue weighted by Crippen LogP contribution is 2.33. The average molecular weight is 505 g/mol. The summed E-state index contributed by atoms with van der Waals surface area (Å²) in [5, 5.41) is 5.79. The quantitative estimate of drug-likeness (QED) is 0.480. The molecule has 2 aromatic heterocycles. The van der Waals surface area contributed by atoms with Crippen molar-refractivity contribution >= 4 is 48.0 Å². The van der Waals surface area contributed by atoms with E-state index in [-0.39, 0.29) is 25.5 Å². The zero-order valence-electron chi connectivity index (χ0n) is 18.8. The Kier molecular flexibility index (Phi) is 9.02. The van der Waals surface area contributed by atoms with E-state index in [4.69, 9.17) is 16.3 Å². The molecule has 1 N–H and O–H groups in total. The molecule has 0 radical (unpaired) electrons. The molecule has 0 saturated carbocycles. The summed E-state index contributed by atoms with van der Waals surface area (Å²) < 4.78 is 6.28. The number of carbonyl (C=O) groups is 1. The Balaban J connectivity index is 0.00000306. The van der Waals surface area contributed by atoms with Gasteiger partial charge in [-0.3, -0.25) is 9.78 Å². The van der Waals surface area contributed by atoms with Gasteiger partial charge in [-0.2, -0.15) is 13.5 Å². The van der Waals surface area contributed by atoms with Crippen LogP contribution in [0, 0.1) is 0 Å². The molecule has 0 saturated heterocycles. The summed E-state index contributed by atoms with van der Waals surface area (Å²) in [5.74, 6) is 0.639. The fourth-order valence-corrected chi connectivity index (χ4v) is 4.86. The lowest BCUT2D eigenvalue weighted by molar-refractivity contribution is 0.0754. The van der Waals surface area contributed by atoms with Crippen LogP contribution in [-0.4, -0.2) is 49.5 Å². The minimum atomic E-state index is -0.0578. The number of benzene rings is 1. The average Bonchev–Trinajstić information content (AvgIpc) is 3.31. The lowest BCUT2D eigenvalue weighted by Crippen LogP contribution is -2.33. The van der Waals surface area contributed by atoms with Gasteiger partial charge in [0.1, 0.15) is 11.9 Å². The summed E-state index contributed by atoms with van der Waals surface area (Å²) in [6.07, 6.45) is 4.15. The van der Waals surface area contributed by atoms with Crippen molar-refractivity contribution in [3.8, 4) is 5.75 Å². The van der Waals surface area contributed by atoms with Gasteiger partial charge in [-0.25, -0.2) is 0 Å². The maximum atomic E-state index is 13.1. The van der Waals surface area contributed by atoms with Crippen molar-refractivity contribution in [3.05, 3.63) is 75.2 Å². The Labute approximate surface area is 211 Å². The van der Waals surface area contributed by atoms with Crippen molar-refractivity contribution in [2.24, 2.45) is 0 Å². The van der Waals surface area contributed by atoms with E-state index < -0.39 is 0 Å². The summed E-state index contributed by atoms with van der Waals surface area (Å²) in [6, 6.07) is 11.8. The van der Waals surface area contributed by atoms with Crippen molar-refractivity contribution < 1.29 is 9.53 Å². The van der Waals surface area contributed by atoms with Crippen molar-refractivity contribution in [2.45, 2.75) is 19.1 Å². The number of halogens is 1. The Morgan fingerprint density at radius 3 is 2.85 bits per heavy atom. The second-order valence-electron chi connectivity index (χ2n) is 7.82. The lowest BCUT2D eigenvalue weighted by atomic mass is 10.1. The highest BCUT2D eigenvalue weighted by Gasteiger charge is 2.25. The zero-order valence-corrected chi connectivity index (χ0v) is 21.3. The molecule has 6 nitrogen and oxygen atoms in total. The van der Waals surface area contributed by atoms with E-state index in [9.17, 15) is 4.79 Å². The number of ether oxygens (including phenoxy) is 1. The molecule has 1 amide bonds. The first-order valence-corrected chi connectivity index (χ1v) is 11.9. The minimum absolute atomic E-state index is 0. The van der Waals surface area contributed by atoms with E-state index in [1.165, 1.54) is 4.88 Å². The van der Waals surface area contributed by atoms with Crippen LogP contribution >= 0.6 is 36.4 Å². The highest BCUT2D eigenvalue weighted by atomic mass is 35.5. The van der Waals surface area contributed by atoms with Gasteiger partial charge in [-0.15, -0.1) is 11.3 Å². The zero-order chi connectivity index (χ0) is 22.5. The van der Waals surface area contributed by atoms with E-state index in [1.54, 1.807) is 23.7 Å². The summed E-state index contributed by atoms with van der Waals surface area (Å²) in [5.41, 5.74) is 2.51. The van der Waals surface area contributed by atoms with Crippen LogP contribution in [0.3, 0.4) is 0 Å². The van der Waals surface area contributed by atoms with Gasteiger partial charge in [0.15, 0.2) is 0 Å². The number of aromatic nitrogens is 1. The summed E-state index contributed by atoms with van der Waals surface area (Å²) >= 11 is 8.28. The first kappa shape index (κ1) is 25.4. The van der Waals surface area contributed by atoms with E-state index in [0.717, 1.165) is 30.8 Å². The maximum absolute atomic E-state index is 13.1. The molecule has 0 aliphatic carbocycles. The molecular weight excluding hydrogens is 476 g/mol. The van der Waals surface area contributed by atoms with Crippen LogP contribution in [-0.2, 0) is 6.54 Å². The van der Waals surface area contributed by atoms with E-state index in [1.807, 2.05) is 49.3 Å². The van der Waals surface area contributed by atoms with E-state index >= 15 is 0 Å². The van der Waals surface area contributed by atoms with Crippen LogP contribution in [0.15, 0.2) is 54.2 Å². The first-order chi connectivity index (χ1) is 15.6. The van der Waals surface area contributed by atoms with Crippen LogP contribution in [0.25, 0.3) is 0 Å². The lowest BCUT2D eigenvalue weighted by Gasteiger charge is -2.22. The third-order valence-electron chi connectivity index (χ3n) is 5.59. The smallest absolute Gasteiger partial charge is 0.257 e. The van der Waals surface area contributed by atoms with Gasteiger partial charge < -0.3 is 19.9 Å². The number of hydrogen-bond donors (Lipinski definition) is 1. The van der Waals surface area contributed by atoms with Gasteiger partial charge >= 0.3 is 0 Å². The molecule has 0 unspecified atom stereocenters. The Hall–Kier alpha value is -2.26. The Morgan fingerprint density at radius 2 is 2.12 bits per heavy atom. The fraction of sp³-hybridized carbons (Fsp3) is 0.333. The maximum Gasteiger partial charge on any atom is 0.257 e. The predicted molar refractivity (Wildman–Crippen MR) is 140 cm³/mol. The Morgan fingerprint density at radius 1 is 1.27 bits per heavy atom. The number of anilines is 1. The van der Waals surface area contributed by atoms with Crippen LogP contribution in [0.5, 0.6) is 5.75 Å².